The third-order valence-corrected chi connectivity index (χ3v) is 2.16. The number of halogens is 1. The summed E-state index contributed by atoms with van der Waals surface area (Å²) >= 11 is 7.20. The van der Waals surface area contributed by atoms with Gasteiger partial charge >= 0.3 is 75.3 Å². The van der Waals surface area contributed by atoms with Crippen LogP contribution in [0.5, 0.6) is 0 Å². The van der Waals surface area contributed by atoms with Gasteiger partial charge in [0.1, 0.15) is 0 Å². The Morgan fingerprint density at radius 2 is 1.78 bits per heavy atom. The molecule has 0 spiro atoms. The van der Waals surface area contributed by atoms with Crippen molar-refractivity contribution in [3.8, 4) is 0 Å². The molecule has 9 heavy (non-hydrogen) atoms. The molecule has 1 atom stereocenters. The van der Waals surface area contributed by atoms with Crippen LogP contribution in [0.15, 0.2) is 30.3 Å². The zero-order chi connectivity index (χ0) is 6.69. The molecule has 0 aliphatic rings. The second-order valence-electron chi connectivity index (χ2n) is 1.77. The van der Waals surface area contributed by atoms with Gasteiger partial charge in [-0.2, -0.15) is 0 Å². The summed E-state index contributed by atoms with van der Waals surface area (Å²) in [6, 6.07) is 10.1. The number of hydrogen-bond donors (Lipinski definition) is 0. The molecule has 0 saturated heterocycles. The summed E-state index contributed by atoms with van der Waals surface area (Å²) in [5.74, 6) is 0. The van der Waals surface area contributed by atoms with Gasteiger partial charge in [-0.15, -0.1) is 0 Å². The molecule has 1 aromatic carbocycles. The van der Waals surface area contributed by atoms with Crippen molar-refractivity contribution in [3.05, 3.63) is 35.9 Å². The normalized spacial score (nSPS) is 12.9. The molecule has 0 aliphatic carbocycles. The van der Waals surface area contributed by atoms with Crippen molar-refractivity contribution in [2.75, 3.05) is 0 Å². The standard InChI is InChI=1S/C7H6Cl.Zr/c8-6-7-4-2-1-3-5-7;/h1-6H;. The molecule has 0 nitrogen and oxygen atoms in total. The third-order valence-electron chi connectivity index (χ3n) is 1.09. The van der Waals surface area contributed by atoms with Crippen LogP contribution >= 0.6 is 11.6 Å². The Morgan fingerprint density at radius 1 is 1.22 bits per heavy atom. The van der Waals surface area contributed by atoms with Gasteiger partial charge in [-0.25, -0.2) is 0 Å². The van der Waals surface area contributed by atoms with Crippen LogP contribution < -0.4 is 0 Å². The van der Waals surface area contributed by atoms with Crippen molar-refractivity contribution in [1.82, 2.24) is 0 Å². The van der Waals surface area contributed by atoms with Crippen LogP contribution in [0, 0.1) is 0 Å². The Balaban J connectivity index is 2.85. The summed E-state index contributed by atoms with van der Waals surface area (Å²) in [5, 5.41) is 0. The van der Waals surface area contributed by atoms with E-state index in [2.05, 4.69) is 0 Å². The van der Waals surface area contributed by atoms with E-state index in [1.165, 1.54) is 30.3 Å². The molecule has 0 amide bonds. The van der Waals surface area contributed by atoms with E-state index >= 15 is 0 Å². The first-order chi connectivity index (χ1) is 4.30. The number of alkyl halides is 1. The Morgan fingerprint density at radius 3 is 2.11 bits per heavy atom. The fourth-order valence-electron chi connectivity index (χ4n) is 0.622. The molecular weight excluding hydrogens is 211 g/mol. The van der Waals surface area contributed by atoms with Gasteiger partial charge in [0, 0.05) is 0 Å². The summed E-state index contributed by atoms with van der Waals surface area (Å²) < 4.78 is 0.221. The minimum absolute atomic E-state index is 0.221. The van der Waals surface area contributed by atoms with Gasteiger partial charge in [-0.05, 0) is 0 Å². The first-order valence-electron chi connectivity index (χ1n) is 2.71. The second-order valence-corrected chi connectivity index (χ2v) is 4.53. The average molecular weight is 217 g/mol. The van der Waals surface area contributed by atoms with Gasteiger partial charge in [0.05, 0.1) is 0 Å². The average Bonchev–Trinajstić information content (AvgIpc) is 1.90. The summed E-state index contributed by atoms with van der Waals surface area (Å²) in [6.45, 7) is 0. The van der Waals surface area contributed by atoms with Crippen molar-refractivity contribution in [3.63, 3.8) is 0 Å². The van der Waals surface area contributed by atoms with Crippen LogP contribution in [0.2, 0.25) is 0 Å². The molecule has 0 radical (unpaired) electrons. The predicted octanol–water partition coefficient (Wildman–Crippen LogP) is 2.47. The third kappa shape index (κ3) is 2.23. The fourth-order valence-corrected chi connectivity index (χ4v) is 1.24. The Kier molecular flexibility index (Phi) is 2.95. The van der Waals surface area contributed by atoms with Crippen molar-refractivity contribution < 1.29 is 24.7 Å². The van der Waals surface area contributed by atoms with Crippen LogP contribution in [-0.4, -0.2) is 0 Å². The molecule has 0 heterocycles. The predicted molar refractivity (Wildman–Crippen MR) is 35.0 cm³/mol. The van der Waals surface area contributed by atoms with Crippen LogP contribution in [0.4, 0.5) is 0 Å². The summed E-state index contributed by atoms with van der Waals surface area (Å²) in [4.78, 5) is 0. The minimum atomic E-state index is 0.221. The van der Waals surface area contributed by atoms with Gasteiger partial charge < -0.3 is 0 Å². The molecule has 1 aromatic rings. The maximum absolute atomic E-state index is 5.84. The number of rotatable bonds is 1. The van der Waals surface area contributed by atoms with Gasteiger partial charge in [0.15, 0.2) is 0 Å². The molecular formula is C7H6ClZr. The first kappa shape index (κ1) is 7.50. The topological polar surface area (TPSA) is 0 Å². The molecule has 45 valence electrons. The van der Waals surface area contributed by atoms with Crippen LogP contribution in [0.3, 0.4) is 0 Å². The zero-order valence-corrected chi connectivity index (χ0v) is 8.06. The van der Waals surface area contributed by atoms with Crippen LogP contribution in [0.1, 0.15) is 8.65 Å². The quantitative estimate of drug-likeness (QED) is 0.633. The monoisotopic (exact) mass is 215 g/mol. The van der Waals surface area contributed by atoms with Crippen LogP contribution in [0.25, 0.3) is 0 Å². The van der Waals surface area contributed by atoms with E-state index in [1.54, 1.807) is 0 Å². The van der Waals surface area contributed by atoms with Crippen molar-refractivity contribution >= 4 is 11.6 Å². The van der Waals surface area contributed by atoms with E-state index in [1.807, 2.05) is 30.3 Å². The SMILES string of the molecule is Cl[CH]([Zr])c1ccccc1. The Bertz CT molecular complexity index is 172. The molecule has 0 aliphatic heterocycles. The van der Waals surface area contributed by atoms with Crippen molar-refractivity contribution in [2.45, 2.75) is 3.08 Å². The molecule has 1 unspecified atom stereocenters. The van der Waals surface area contributed by atoms with Gasteiger partial charge in [-0.3, -0.25) is 0 Å². The molecule has 2 heteroatoms. The second kappa shape index (κ2) is 3.53. The number of hydrogen-bond acceptors (Lipinski definition) is 0. The van der Waals surface area contributed by atoms with Gasteiger partial charge in [0.2, 0.25) is 0 Å². The molecule has 0 saturated carbocycles. The van der Waals surface area contributed by atoms with E-state index in [0.717, 1.165) is 0 Å². The molecule has 0 fully saturated rings. The fraction of sp³-hybridized carbons (Fsp3) is 0.143. The summed E-state index contributed by atoms with van der Waals surface area (Å²) in [5.41, 5.74) is 1.22. The van der Waals surface area contributed by atoms with Gasteiger partial charge in [0.25, 0.3) is 0 Å². The molecule has 0 N–H and O–H groups in total. The molecule has 0 aromatic heterocycles. The van der Waals surface area contributed by atoms with Crippen molar-refractivity contribution in [1.29, 1.82) is 0 Å². The zero-order valence-electron chi connectivity index (χ0n) is 4.84. The van der Waals surface area contributed by atoms with Crippen molar-refractivity contribution in [2.24, 2.45) is 0 Å². The molecule has 0 bridgehead atoms. The first-order valence-corrected chi connectivity index (χ1v) is 4.56. The molecule has 1 rings (SSSR count). The van der Waals surface area contributed by atoms with E-state index in [0.29, 0.717) is 0 Å². The van der Waals surface area contributed by atoms with E-state index in [-0.39, 0.29) is 3.08 Å². The number of benzene rings is 1. The maximum atomic E-state index is 5.84. The van der Waals surface area contributed by atoms with E-state index in [9.17, 15) is 0 Å². The Labute approximate surface area is 75.1 Å². The summed E-state index contributed by atoms with van der Waals surface area (Å²) in [6.07, 6.45) is 0. The van der Waals surface area contributed by atoms with E-state index < -0.39 is 0 Å². The Hall–Kier alpha value is 0.393. The summed E-state index contributed by atoms with van der Waals surface area (Å²) in [7, 11) is 0. The van der Waals surface area contributed by atoms with Crippen LogP contribution in [-0.2, 0) is 24.7 Å². The van der Waals surface area contributed by atoms with E-state index in [4.69, 9.17) is 11.6 Å². The van der Waals surface area contributed by atoms with Gasteiger partial charge in [-0.1, -0.05) is 0 Å².